The summed E-state index contributed by atoms with van der Waals surface area (Å²) in [6, 6.07) is 9.19. The van der Waals surface area contributed by atoms with E-state index in [0.29, 0.717) is 10.7 Å². The zero-order chi connectivity index (χ0) is 19.6. The molecular formula is C17H18N6O3S. The third-order valence-electron chi connectivity index (χ3n) is 3.79. The van der Waals surface area contributed by atoms with Crippen LogP contribution < -0.4 is 11.5 Å². The van der Waals surface area contributed by atoms with Gasteiger partial charge in [0.05, 0.1) is 18.5 Å². The SMILES string of the molecule is CCOC(=O)c1cnn(C(=O)c2c(SC)nn(-c3ccccc3)c2N)c1N. The number of aromatic nitrogens is 4. The fourth-order valence-corrected chi connectivity index (χ4v) is 3.07. The molecule has 0 bridgehead atoms. The van der Waals surface area contributed by atoms with Crippen molar-refractivity contribution in [2.24, 2.45) is 0 Å². The van der Waals surface area contributed by atoms with Crippen molar-refractivity contribution in [3.63, 3.8) is 0 Å². The molecule has 3 rings (SSSR count). The number of hydrogen-bond acceptors (Lipinski definition) is 8. The Morgan fingerprint density at radius 2 is 1.89 bits per heavy atom. The smallest absolute Gasteiger partial charge is 0.343 e. The molecule has 10 heteroatoms. The molecule has 4 N–H and O–H groups in total. The van der Waals surface area contributed by atoms with Gasteiger partial charge in [0.1, 0.15) is 27.8 Å². The van der Waals surface area contributed by atoms with Crippen molar-refractivity contribution < 1.29 is 14.3 Å². The molecule has 0 aliphatic rings. The Kier molecular flexibility index (Phi) is 5.17. The average molecular weight is 386 g/mol. The first-order valence-electron chi connectivity index (χ1n) is 8.02. The Balaban J connectivity index is 2.06. The maximum atomic E-state index is 13.0. The van der Waals surface area contributed by atoms with Gasteiger partial charge in [-0.1, -0.05) is 18.2 Å². The second-order valence-corrected chi connectivity index (χ2v) is 6.19. The predicted molar refractivity (Wildman–Crippen MR) is 102 cm³/mol. The fraction of sp³-hybridized carbons (Fsp3) is 0.176. The molecule has 0 aliphatic carbocycles. The van der Waals surface area contributed by atoms with Gasteiger partial charge in [0.2, 0.25) is 0 Å². The number of thioether (sulfide) groups is 1. The van der Waals surface area contributed by atoms with Gasteiger partial charge < -0.3 is 16.2 Å². The zero-order valence-corrected chi connectivity index (χ0v) is 15.6. The lowest BCUT2D eigenvalue weighted by Gasteiger charge is -2.06. The molecule has 0 saturated carbocycles. The number of carbonyl (C=O) groups is 2. The second-order valence-electron chi connectivity index (χ2n) is 5.40. The van der Waals surface area contributed by atoms with Gasteiger partial charge in [0.15, 0.2) is 0 Å². The van der Waals surface area contributed by atoms with Crippen LogP contribution in [0.1, 0.15) is 27.6 Å². The van der Waals surface area contributed by atoms with E-state index in [4.69, 9.17) is 16.2 Å². The minimum atomic E-state index is -0.646. The number of rotatable bonds is 5. The fourth-order valence-electron chi connectivity index (χ4n) is 2.51. The molecule has 27 heavy (non-hydrogen) atoms. The molecule has 0 amide bonds. The number of nitrogens with two attached hydrogens (primary N) is 2. The van der Waals surface area contributed by atoms with Crippen LogP contribution in [0.5, 0.6) is 0 Å². The van der Waals surface area contributed by atoms with Crippen molar-refractivity contribution >= 4 is 35.3 Å². The summed E-state index contributed by atoms with van der Waals surface area (Å²) in [4.78, 5) is 24.9. The van der Waals surface area contributed by atoms with Gasteiger partial charge in [-0.3, -0.25) is 4.79 Å². The molecule has 0 unspecified atom stereocenters. The first kappa shape index (κ1) is 18.5. The normalized spacial score (nSPS) is 10.7. The lowest BCUT2D eigenvalue weighted by molar-refractivity contribution is 0.0527. The molecule has 0 fully saturated rings. The third kappa shape index (κ3) is 3.26. The molecular weight excluding hydrogens is 368 g/mol. The van der Waals surface area contributed by atoms with E-state index in [9.17, 15) is 9.59 Å². The van der Waals surface area contributed by atoms with Gasteiger partial charge in [-0.2, -0.15) is 14.9 Å². The summed E-state index contributed by atoms with van der Waals surface area (Å²) in [5.74, 6) is -1.18. The molecule has 2 aromatic heterocycles. The highest BCUT2D eigenvalue weighted by atomic mass is 32.2. The monoisotopic (exact) mass is 386 g/mol. The summed E-state index contributed by atoms with van der Waals surface area (Å²) < 4.78 is 7.31. The maximum absolute atomic E-state index is 13.0. The number of benzene rings is 1. The minimum Gasteiger partial charge on any atom is -0.462 e. The zero-order valence-electron chi connectivity index (χ0n) is 14.7. The molecule has 0 saturated heterocycles. The van der Waals surface area contributed by atoms with Crippen molar-refractivity contribution in [2.45, 2.75) is 11.9 Å². The number of ether oxygens (including phenoxy) is 1. The Morgan fingerprint density at radius 3 is 2.52 bits per heavy atom. The molecule has 0 radical (unpaired) electrons. The maximum Gasteiger partial charge on any atom is 0.343 e. The number of nitrogen functional groups attached to an aromatic ring is 2. The molecule has 0 aliphatic heterocycles. The van der Waals surface area contributed by atoms with E-state index in [1.54, 1.807) is 13.2 Å². The molecule has 2 heterocycles. The van der Waals surface area contributed by atoms with E-state index >= 15 is 0 Å². The number of nitrogens with zero attached hydrogens (tertiary/aromatic N) is 4. The van der Waals surface area contributed by atoms with Crippen molar-refractivity contribution in [1.29, 1.82) is 0 Å². The van der Waals surface area contributed by atoms with E-state index in [-0.39, 0.29) is 29.4 Å². The molecule has 3 aromatic rings. The highest BCUT2D eigenvalue weighted by Crippen LogP contribution is 2.29. The number of anilines is 2. The van der Waals surface area contributed by atoms with Crippen LogP contribution in [0.2, 0.25) is 0 Å². The first-order chi connectivity index (χ1) is 13.0. The van der Waals surface area contributed by atoms with E-state index in [1.165, 1.54) is 22.6 Å². The molecule has 0 spiro atoms. The average Bonchev–Trinajstić information content (AvgIpc) is 3.22. The molecule has 9 nitrogen and oxygen atoms in total. The van der Waals surface area contributed by atoms with Gasteiger partial charge in [-0.15, -0.1) is 11.8 Å². The summed E-state index contributed by atoms with van der Waals surface area (Å²) in [5.41, 5.74) is 13.0. The predicted octanol–water partition coefficient (Wildman–Crippen LogP) is 1.82. The topological polar surface area (TPSA) is 131 Å². The van der Waals surface area contributed by atoms with Crippen LogP contribution in [0.4, 0.5) is 11.6 Å². The van der Waals surface area contributed by atoms with E-state index in [1.807, 2.05) is 30.3 Å². The van der Waals surface area contributed by atoms with Crippen LogP contribution in [0, 0.1) is 0 Å². The minimum absolute atomic E-state index is 0.0184. The number of para-hydroxylation sites is 1. The summed E-state index contributed by atoms with van der Waals surface area (Å²) in [6.07, 6.45) is 2.98. The van der Waals surface area contributed by atoms with Crippen LogP contribution in [0.15, 0.2) is 41.6 Å². The van der Waals surface area contributed by atoms with Crippen molar-refractivity contribution in [3.8, 4) is 5.69 Å². The standard InChI is InChI=1S/C17H18N6O3S/c1-3-26-17(25)11-9-20-23(13(11)18)16(24)12-14(19)22(21-15(12)27-2)10-7-5-4-6-8-10/h4-9H,3,18-19H2,1-2H3. The highest BCUT2D eigenvalue weighted by Gasteiger charge is 2.27. The molecule has 0 atom stereocenters. The van der Waals surface area contributed by atoms with Crippen molar-refractivity contribution in [1.82, 2.24) is 19.6 Å². The van der Waals surface area contributed by atoms with E-state index in [0.717, 1.165) is 4.68 Å². The molecule has 1 aromatic carbocycles. The van der Waals surface area contributed by atoms with Gasteiger partial charge in [-0.25, -0.2) is 9.48 Å². The number of hydrogen-bond donors (Lipinski definition) is 2. The van der Waals surface area contributed by atoms with Crippen molar-refractivity contribution in [2.75, 3.05) is 24.3 Å². The number of esters is 1. The number of carbonyl (C=O) groups excluding carboxylic acids is 2. The van der Waals surface area contributed by atoms with Gasteiger partial charge in [0.25, 0.3) is 5.91 Å². The second kappa shape index (κ2) is 7.54. The Hall–Kier alpha value is -3.27. The molecule has 140 valence electrons. The first-order valence-corrected chi connectivity index (χ1v) is 9.25. The van der Waals surface area contributed by atoms with Crippen LogP contribution >= 0.6 is 11.8 Å². The van der Waals surface area contributed by atoms with E-state index < -0.39 is 11.9 Å². The van der Waals surface area contributed by atoms with Crippen LogP contribution in [-0.2, 0) is 4.74 Å². The quantitative estimate of drug-likeness (QED) is 0.501. The van der Waals surface area contributed by atoms with Crippen molar-refractivity contribution in [3.05, 3.63) is 47.7 Å². The van der Waals surface area contributed by atoms with Gasteiger partial charge >= 0.3 is 5.97 Å². The van der Waals surface area contributed by atoms with Crippen LogP contribution in [0.25, 0.3) is 5.69 Å². The van der Waals surface area contributed by atoms with Gasteiger partial charge in [-0.05, 0) is 25.3 Å². The lowest BCUT2D eigenvalue weighted by atomic mass is 10.3. The Labute approximate surface area is 159 Å². The highest BCUT2D eigenvalue weighted by molar-refractivity contribution is 7.98. The van der Waals surface area contributed by atoms with E-state index in [2.05, 4.69) is 10.2 Å². The Bertz CT molecular complexity index is 996. The Morgan fingerprint density at radius 1 is 1.19 bits per heavy atom. The lowest BCUT2D eigenvalue weighted by Crippen LogP contribution is -2.19. The van der Waals surface area contributed by atoms with Crippen LogP contribution in [0.3, 0.4) is 0 Å². The summed E-state index contributed by atoms with van der Waals surface area (Å²) >= 11 is 1.27. The largest absolute Gasteiger partial charge is 0.462 e. The third-order valence-corrected chi connectivity index (χ3v) is 4.46. The van der Waals surface area contributed by atoms with Gasteiger partial charge in [0, 0.05) is 0 Å². The summed E-state index contributed by atoms with van der Waals surface area (Å²) in [7, 11) is 0. The van der Waals surface area contributed by atoms with Crippen LogP contribution in [-0.4, -0.2) is 44.3 Å². The summed E-state index contributed by atoms with van der Waals surface area (Å²) in [5, 5.41) is 8.76. The summed E-state index contributed by atoms with van der Waals surface area (Å²) in [6.45, 7) is 1.86.